The van der Waals surface area contributed by atoms with E-state index in [1.54, 1.807) is 0 Å². The molecule has 1 heterocycles. The van der Waals surface area contributed by atoms with E-state index in [1.807, 2.05) is 0 Å². The van der Waals surface area contributed by atoms with Gasteiger partial charge in [0.25, 0.3) is 0 Å². The molecule has 1 saturated heterocycles. The van der Waals surface area contributed by atoms with E-state index in [4.69, 9.17) is 0 Å². The SMILES string of the molecule is C[C@H]1CN(C2CCC2)CCN1C(=O)C1CC1. The molecular formula is C13H22N2O. The Morgan fingerprint density at radius 2 is 1.88 bits per heavy atom. The lowest BCUT2D eigenvalue weighted by Gasteiger charge is -2.46. The summed E-state index contributed by atoms with van der Waals surface area (Å²) < 4.78 is 0. The first-order valence-electron chi connectivity index (χ1n) is 6.80. The van der Waals surface area contributed by atoms with Gasteiger partial charge in [0.1, 0.15) is 0 Å². The van der Waals surface area contributed by atoms with Crippen LogP contribution in [0.4, 0.5) is 0 Å². The highest BCUT2D eigenvalue weighted by molar-refractivity contribution is 5.81. The van der Waals surface area contributed by atoms with Crippen molar-refractivity contribution in [1.82, 2.24) is 9.80 Å². The highest BCUT2D eigenvalue weighted by Gasteiger charge is 2.38. The fraction of sp³-hybridized carbons (Fsp3) is 0.923. The third-order valence-electron chi connectivity index (χ3n) is 4.46. The average molecular weight is 222 g/mol. The Balaban J connectivity index is 1.57. The minimum Gasteiger partial charge on any atom is -0.337 e. The number of rotatable bonds is 2. The van der Waals surface area contributed by atoms with Gasteiger partial charge in [0.2, 0.25) is 5.91 Å². The zero-order chi connectivity index (χ0) is 11.1. The molecule has 1 atom stereocenters. The number of amides is 1. The van der Waals surface area contributed by atoms with Crippen LogP contribution in [0.2, 0.25) is 0 Å². The summed E-state index contributed by atoms with van der Waals surface area (Å²) in [6, 6.07) is 1.27. The molecule has 0 spiro atoms. The largest absolute Gasteiger partial charge is 0.337 e. The van der Waals surface area contributed by atoms with Gasteiger partial charge in [0.05, 0.1) is 0 Å². The zero-order valence-electron chi connectivity index (χ0n) is 10.2. The van der Waals surface area contributed by atoms with Crippen LogP contribution < -0.4 is 0 Å². The maximum Gasteiger partial charge on any atom is 0.226 e. The lowest BCUT2D eigenvalue weighted by molar-refractivity contribution is -0.137. The first-order valence-corrected chi connectivity index (χ1v) is 6.80. The van der Waals surface area contributed by atoms with Crippen molar-refractivity contribution in [3.05, 3.63) is 0 Å². The van der Waals surface area contributed by atoms with E-state index in [0.717, 1.165) is 38.5 Å². The van der Waals surface area contributed by atoms with Crippen LogP contribution in [0.15, 0.2) is 0 Å². The minimum absolute atomic E-state index is 0.387. The summed E-state index contributed by atoms with van der Waals surface area (Å²) >= 11 is 0. The Bertz CT molecular complexity index is 284. The average Bonchev–Trinajstić information content (AvgIpc) is 2.97. The monoisotopic (exact) mass is 222 g/mol. The van der Waals surface area contributed by atoms with Crippen LogP contribution in [-0.4, -0.2) is 47.4 Å². The third kappa shape index (κ3) is 1.86. The van der Waals surface area contributed by atoms with E-state index in [9.17, 15) is 4.79 Å². The van der Waals surface area contributed by atoms with E-state index in [0.29, 0.717) is 17.9 Å². The highest BCUT2D eigenvalue weighted by atomic mass is 16.2. The van der Waals surface area contributed by atoms with Crippen molar-refractivity contribution in [2.24, 2.45) is 5.92 Å². The number of carbonyl (C=O) groups is 1. The summed E-state index contributed by atoms with van der Waals surface area (Å²) in [5.74, 6) is 0.818. The topological polar surface area (TPSA) is 23.6 Å². The molecule has 0 bridgehead atoms. The van der Waals surface area contributed by atoms with Gasteiger partial charge in [0.15, 0.2) is 0 Å². The molecule has 0 radical (unpaired) electrons. The van der Waals surface area contributed by atoms with Crippen LogP contribution >= 0.6 is 0 Å². The van der Waals surface area contributed by atoms with Crippen LogP contribution in [0.1, 0.15) is 39.0 Å². The molecule has 3 aliphatic rings. The van der Waals surface area contributed by atoms with Crippen LogP contribution in [0.5, 0.6) is 0 Å². The molecule has 16 heavy (non-hydrogen) atoms. The molecule has 90 valence electrons. The van der Waals surface area contributed by atoms with Crippen LogP contribution in [0, 0.1) is 5.92 Å². The molecule has 1 amide bonds. The van der Waals surface area contributed by atoms with Crippen molar-refractivity contribution in [3.63, 3.8) is 0 Å². The van der Waals surface area contributed by atoms with Crippen molar-refractivity contribution in [2.45, 2.75) is 51.1 Å². The van der Waals surface area contributed by atoms with E-state index in [1.165, 1.54) is 19.3 Å². The van der Waals surface area contributed by atoms with Gasteiger partial charge in [-0.15, -0.1) is 0 Å². The van der Waals surface area contributed by atoms with E-state index >= 15 is 0 Å². The molecule has 2 saturated carbocycles. The highest BCUT2D eigenvalue weighted by Crippen LogP contribution is 2.33. The molecular weight excluding hydrogens is 200 g/mol. The van der Waals surface area contributed by atoms with Gasteiger partial charge in [-0.05, 0) is 32.6 Å². The van der Waals surface area contributed by atoms with Crippen molar-refractivity contribution >= 4 is 5.91 Å². The summed E-state index contributed by atoms with van der Waals surface area (Å²) in [5.41, 5.74) is 0. The van der Waals surface area contributed by atoms with Gasteiger partial charge in [-0.25, -0.2) is 0 Å². The van der Waals surface area contributed by atoms with Gasteiger partial charge in [-0.2, -0.15) is 0 Å². The Labute approximate surface area is 97.8 Å². The summed E-state index contributed by atoms with van der Waals surface area (Å²) in [4.78, 5) is 16.8. The normalized spacial score (nSPS) is 32.6. The summed E-state index contributed by atoms with van der Waals surface area (Å²) in [5, 5.41) is 0. The second kappa shape index (κ2) is 4.02. The second-order valence-electron chi connectivity index (χ2n) is 5.73. The molecule has 0 aromatic carbocycles. The molecule has 3 fully saturated rings. The molecule has 0 N–H and O–H groups in total. The van der Waals surface area contributed by atoms with E-state index < -0.39 is 0 Å². The standard InChI is InChI=1S/C13H22N2O/c1-10-9-14(12-3-2-4-12)7-8-15(10)13(16)11-5-6-11/h10-12H,2-9H2,1H3/t10-/m0/s1. The van der Waals surface area contributed by atoms with Gasteiger partial charge < -0.3 is 4.90 Å². The van der Waals surface area contributed by atoms with E-state index in [-0.39, 0.29) is 0 Å². The molecule has 2 aliphatic carbocycles. The molecule has 3 heteroatoms. The first kappa shape index (κ1) is 10.6. The Morgan fingerprint density at radius 1 is 1.12 bits per heavy atom. The van der Waals surface area contributed by atoms with Crippen molar-refractivity contribution in [1.29, 1.82) is 0 Å². The molecule has 0 aromatic rings. The fourth-order valence-electron chi connectivity index (χ4n) is 2.96. The third-order valence-corrected chi connectivity index (χ3v) is 4.46. The van der Waals surface area contributed by atoms with Gasteiger partial charge >= 0.3 is 0 Å². The summed E-state index contributed by atoms with van der Waals surface area (Å²) in [6.07, 6.45) is 6.43. The number of carbonyl (C=O) groups excluding carboxylic acids is 1. The number of piperazine rings is 1. The zero-order valence-corrected chi connectivity index (χ0v) is 10.2. The van der Waals surface area contributed by atoms with Crippen molar-refractivity contribution < 1.29 is 4.79 Å². The summed E-state index contributed by atoms with van der Waals surface area (Å²) in [6.45, 7) is 5.38. The maximum atomic E-state index is 12.0. The fourth-order valence-corrected chi connectivity index (χ4v) is 2.96. The molecule has 0 aromatic heterocycles. The lowest BCUT2D eigenvalue weighted by Crippen LogP contribution is -2.57. The molecule has 3 nitrogen and oxygen atoms in total. The number of hydrogen-bond donors (Lipinski definition) is 0. The number of nitrogens with zero attached hydrogens (tertiary/aromatic N) is 2. The van der Waals surface area contributed by atoms with E-state index in [2.05, 4.69) is 16.7 Å². The smallest absolute Gasteiger partial charge is 0.226 e. The lowest BCUT2D eigenvalue weighted by atomic mass is 9.90. The Hall–Kier alpha value is -0.570. The van der Waals surface area contributed by atoms with Crippen molar-refractivity contribution in [2.75, 3.05) is 19.6 Å². The summed E-state index contributed by atoms with van der Waals surface area (Å²) in [7, 11) is 0. The predicted molar refractivity (Wildman–Crippen MR) is 63.1 cm³/mol. The Morgan fingerprint density at radius 3 is 2.38 bits per heavy atom. The predicted octanol–water partition coefficient (Wildman–Crippen LogP) is 1.48. The second-order valence-corrected chi connectivity index (χ2v) is 5.73. The van der Waals surface area contributed by atoms with Crippen LogP contribution in [0.25, 0.3) is 0 Å². The first-order chi connectivity index (χ1) is 7.75. The quantitative estimate of drug-likeness (QED) is 0.706. The van der Waals surface area contributed by atoms with Crippen LogP contribution in [0.3, 0.4) is 0 Å². The van der Waals surface area contributed by atoms with Gasteiger partial charge in [-0.1, -0.05) is 6.42 Å². The maximum absolute atomic E-state index is 12.0. The number of hydrogen-bond acceptors (Lipinski definition) is 2. The Kier molecular flexibility index (Phi) is 2.66. The molecule has 3 rings (SSSR count). The van der Waals surface area contributed by atoms with Crippen LogP contribution in [-0.2, 0) is 4.79 Å². The molecule has 0 unspecified atom stereocenters. The van der Waals surface area contributed by atoms with Gasteiger partial charge in [-0.3, -0.25) is 9.69 Å². The molecule has 1 aliphatic heterocycles. The van der Waals surface area contributed by atoms with Crippen molar-refractivity contribution in [3.8, 4) is 0 Å². The van der Waals surface area contributed by atoms with Gasteiger partial charge in [0, 0.05) is 37.6 Å². The minimum atomic E-state index is 0.387.